The lowest BCUT2D eigenvalue weighted by Crippen LogP contribution is -2.40. The largest absolute Gasteiger partial charge is 0.379 e. The Bertz CT molecular complexity index is 790. The fourth-order valence-corrected chi connectivity index (χ4v) is 4.87. The van der Waals surface area contributed by atoms with Crippen LogP contribution in [-0.2, 0) is 10.0 Å². The zero-order valence-corrected chi connectivity index (χ0v) is 18.0. The third kappa shape index (κ3) is 6.42. The first kappa shape index (κ1) is 22.6. The molecule has 1 atom stereocenters. The first-order chi connectivity index (χ1) is 13.0. The minimum absolute atomic E-state index is 0.109. The highest BCUT2D eigenvalue weighted by Crippen LogP contribution is 2.28. The van der Waals surface area contributed by atoms with E-state index in [9.17, 15) is 18.5 Å². The molecule has 8 nitrogen and oxygen atoms in total. The van der Waals surface area contributed by atoms with Gasteiger partial charge in [-0.1, -0.05) is 6.42 Å². The van der Waals surface area contributed by atoms with Crippen molar-refractivity contribution >= 4 is 21.4 Å². The molecule has 28 heavy (non-hydrogen) atoms. The fourth-order valence-electron chi connectivity index (χ4n) is 3.44. The Balaban J connectivity index is 2.03. The van der Waals surface area contributed by atoms with E-state index in [1.807, 2.05) is 0 Å². The molecule has 0 bridgehead atoms. The number of piperidine rings is 1. The van der Waals surface area contributed by atoms with Crippen molar-refractivity contribution in [1.29, 1.82) is 0 Å². The second-order valence-corrected chi connectivity index (χ2v) is 10.1. The van der Waals surface area contributed by atoms with Crippen LogP contribution in [0.4, 0.5) is 11.4 Å². The van der Waals surface area contributed by atoms with Gasteiger partial charge in [0.15, 0.2) is 0 Å². The van der Waals surface area contributed by atoms with Gasteiger partial charge >= 0.3 is 0 Å². The number of nitro benzene ring substituents is 1. The minimum Gasteiger partial charge on any atom is -0.379 e. The van der Waals surface area contributed by atoms with Gasteiger partial charge in [-0.2, -0.15) is 0 Å². The third-order valence-corrected chi connectivity index (χ3v) is 6.55. The smallest absolute Gasteiger partial charge is 0.293 e. The van der Waals surface area contributed by atoms with E-state index in [0.29, 0.717) is 18.3 Å². The van der Waals surface area contributed by atoms with Gasteiger partial charge in [0.1, 0.15) is 5.69 Å². The highest BCUT2D eigenvalue weighted by atomic mass is 32.2. The van der Waals surface area contributed by atoms with Crippen molar-refractivity contribution in [3.63, 3.8) is 0 Å². The number of hydrogen-bond donors (Lipinski definition) is 2. The third-order valence-electron chi connectivity index (χ3n) is 4.79. The van der Waals surface area contributed by atoms with Crippen molar-refractivity contribution in [1.82, 2.24) is 9.62 Å². The first-order valence-corrected chi connectivity index (χ1v) is 11.3. The average molecular weight is 413 g/mol. The van der Waals surface area contributed by atoms with Crippen LogP contribution in [0.25, 0.3) is 0 Å². The molecule has 0 saturated carbocycles. The summed E-state index contributed by atoms with van der Waals surface area (Å²) in [5.41, 5.74) is -0.564. The average Bonchev–Trinajstić information content (AvgIpc) is 2.58. The summed E-state index contributed by atoms with van der Waals surface area (Å²) in [4.78, 5) is 13.2. The van der Waals surface area contributed by atoms with Crippen LogP contribution >= 0.6 is 0 Å². The quantitative estimate of drug-likeness (QED) is 0.385. The van der Waals surface area contributed by atoms with Crippen LogP contribution in [-0.4, -0.2) is 49.5 Å². The van der Waals surface area contributed by atoms with Gasteiger partial charge in [0.2, 0.25) is 10.0 Å². The summed E-state index contributed by atoms with van der Waals surface area (Å²) < 4.78 is 27.4. The number of hydrogen-bond acceptors (Lipinski definition) is 6. The highest BCUT2D eigenvalue weighted by molar-refractivity contribution is 7.89. The number of rotatable bonds is 8. The van der Waals surface area contributed by atoms with E-state index in [4.69, 9.17) is 0 Å². The highest BCUT2D eigenvalue weighted by Gasteiger charge is 2.25. The van der Waals surface area contributed by atoms with Crippen molar-refractivity contribution in [2.75, 3.05) is 25.0 Å². The van der Waals surface area contributed by atoms with Gasteiger partial charge < -0.3 is 10.2 Å². The Labute approximate surface area is 167 Å². The van der Waals surface area contributed by atoms with Gasteiger partial charge in [-0.25, -0.2) is 13.1 Å². The SMILES string of the molecule is C[C@@H]1CCCCN1CCCNc1ccc(S(=O)(=O)NC(C)(C)C)cc1[N+](=O)[O-]. The molecule has 0 amide bonds. The number of anilines is 1. The summed E-state index contributed by atoms with van der Waals surface area (Å²) in [5, 5.41) is 14.5. The molecule has 0 aliphatic carbocycles. The molecular formula is C19H32N4O4S. The molecule has 0 unspecified atom stereocenters. The van der Waals surface area contributed by atoms with Crippen LogP contribution in [0.2, 0.25) is 0 Å². The van der Waals surface area contributed by atoms with Crippen LogP contribution in [0.15, 0.2) is 23.1 Å². The topological polar surface area (TPSA) is 105 Å². The summed E-state index contributed by atoms with van der Waals surface area (Å²) in [6.07, 6.45) is 4.59. The Morgan fingerprint density at radius 3 is 2.61 bits per heavy atom. The molecular weight excluding hydrogens is 380 g/mol. The van der Waals surface area contributed by atoms with Crippen molar-refractivity contribution < 1.29 is 13.3 Å². The summed E-state index contributed by atoms with van der Waals surface area (Å²) in [5.74, 6) is 0. The second kappa shape index (κ2) is 9.19. The maximum absolute atomic E-state index is 12.4. The minimum atomic E-state index is -3.83. The Morgan fingerprint density at radius 1 is 1.29 bits per heavy atom. The lowest BCUT2D eigenvalue weighted by Gasteiger charge is -2.33. The summed E-state index contributed by atoms with van der Waals surface area (Å²) in [6.45, 7) is 10.0. The van der Waals surface area contributed by atoms with Gasteiger partial charge in [-0.3, -0.25) is 10.1 Å². The lowest BCUT2D eigenvalue weighted by atomic mass is 10.0. The van der Waals surface area contributed by atoms with E-state index < -0.39 is 20.5 Å². The number of sulfonamides is 1. The van der Waals surface area contributed by atoms with E-state index in [1.54, 1.807) is 20.8 Å². The number of nitrogens with zero attached hydrogens (tertiary/aromatic N) is 2. The number of likely N-dealkylation sites (tertiary alicyclic amines) is 1. The van der Waals surface area contributed by atoms with Gasteiger partial charge in [0, 0.05) is 30.7 Å². The molecule has 9 heteroatoms. The summed E-state index contributed by atoms with van der Waals surface area (Å²) in [7, 11) is -3.83. The molecule has 1 aliphatic rings. The molecule has 2 N–H and O–H groups in total. The maximum atomic E-state index is 12.4. The molecule has 0 radical (unpaired) electrons. The lowest BCUT2D eigenvalue weighted by molar-refractivity contribution is -0.384. The molecule has 1 aromatic rings. The Hall–Kier alpha value is -1.71. The Kier molecular flexibility index (Phi) is 7.41. The van der Waals surface area contributed by atoms with Crippen molar-refractivity contribution in [3.8, 4) is 0 Å². The van der Waals surface area contributed by atoms with Crippen molar-refractivity contribution in [2.24, 2.45) is 0 Å². The van der Waals surface area contributed by atoms with Gasteiger partial charge in [-0.15, -0.1) is 0 Å². The zero-order chi connectivity index (χ0) is 20.9. The molecule has 1 aromatic carbocycles. The normalized spacial score (nSPS) is 18.8. The van der Waals surface area contributed by atoms with E-state index >= 15 is 0 Å². The second-order valence-electron chi connectivity index (χ2n) is 8.45. The predicted molar refractivity (Wildman–Crippen MR) is 111 cm³/mol. The molecule has 1 saturated heterocycles. The molecule has 1 heterocycles. The van der Waals surface area contributed by atoms with E-state index in [0.717, 1.165) is 25.6 Å². The van der Waals surface area contributed by atoms with Crippen LogP contribution in [0.5, 0.6) is 0 Å². The van der Waals surface area contributed by atoms with Gasteiger partial charge in [0.25, 0.3) is 5.69 Å². The zero-order valence-electron chi connectivity index (χ0n) is 17.2. The van der Waals surface area contributed by atoms with E-state index in [1.165, 1.54) is 31.4 Å². The monoisotopic (exact) mass is 412 g/mol. The van der Waals surface area contributed by atoms with Crippen LogP contribution in [0.1, 0.15) is 53.4 Å². The Morgan fingerprint density at radius 2 is 2.00 bits per heavy atom. The van der Waals surface area contributed by atoms with E-state index in [2.05, 4.69) is 21.9 Å². The van der Waals surface area contributed by atoms with E-state index in [-0.39, 0.29) is 10.6 Å². The van der Waals surface area contributed by atoms with Crippen molar-refractivity contribution in [2.45, 2.75) is 69.9 Å². The molecule has 0 spiro atoms. The summed E-state index contributed by atoms with van der Waals surface area (Å²) >= 11 is 0. The predicted octanol–water partition coefficient (Wildman–Crippen LogP) is 3.35. The fraction of sp³-hybridized carbons (Fsp3) is 0.684. The van der Waals surface area contributed by atoms with Gasteiger partial charge in [0.05, 0.1) is 9.82 Å². The number of benzene rings is 1. The summed E-state index contributed by atoms with van der Waals surface area (Å²) in [6, 6.07) is 4.57. The van der Waals surface area contributed by atoms with Crippen LogP contribution < -0.4 is 10.0 Å². The number of nitrogens with one attached hydrogen (secondary N) is 2. The van der Waals surface area contributed by atoms with Crippen LogP contribution in [0, 0.1) is 10.1 Å². The molecule has 1 aliphatic heterocycles. The van der Waals surface area contributed by atoms with Crippen molar-refractivity contribution in [3.05, 3.63) is 28.3 Å². The standard InChI is InChI=1S/C19H32N4O4S/c1-15-8-5-6-12-22(15)13-7-11-20-17-10-9-16(14-18(17)23(24)25)28(26,27)21-19(2,3)4/h9-10,14-15,20-21H,5-8,11-13H2,1-4H3/t15-/m1/s1. The molecule has 0 aromatic heterocycles. The molecule has 2 rings (SSSR count). The van der Waals surface area contributed by atoms with Crippen LogP contribution in [0.3, 0.4) is 0 Å². The molecule has 158 valence electrons. The van der Waals surface area contributed by atoms with Gasteiger partial charge in [-0.05, 0) is 65.6 Å². The first-order valence-electron chi connectivity index (χ1n) is 9.80. The maximum Gasteiger partial charge on any atom is 0.293 e. The number of nitro groups is 1. The molecule has 1 fully saturated rings.